The van der Waals surface area contributed by atoms with Crippen LogP contribution in [0.1, 0.15) is 20.8 Å². The van der Waals surface area contributed by atoms with E-state index in [-0.39, 0.29) is 36.8 Å². The number of hydrogen-bond acceptors (Lipinski definition) is 8. The highest BCUT2D eigenvalue weighted by molar-refractivity contribution is 6.26. The fourth-order valence-corrected chi connectivity index (χ4v) is 3.48. The van der Waals surface area contributed by atoms with Gasteiger partial charge in [0.25, 0.3) is 5.91 Å². The van der Waals surface area contributed by atoms with Gasteiger partial charge in [0.1, 0.15) is 11.3 Å². The first-order valence-corrected chi connectivity index (χ1v) is 11.2. The first kappa shape index (κ1) is 25.2. The minimum Gasteiger partial charge on any atom is -0.462 e. The molecule has 0 unspecified atom stereocenters. The molecule has 2 aromatic rings. The fraction of sp³-hybridized carbons (Fsp3) is 0.231. The summed E-state index contributed by atoms with van der Waals surface area (Å²) in [7, 11) is 0. The maximum atomic E-state index is 13.8. The molecule has 0 aromatic heterocycles. The molecule has 2 aromatic carbocycles. The van der Waals surface area contributed by atoms with E-state index in [1.54, 1.807) is 81.4 Å². The highest BCUT2D eigenvalue weighted by atomic mass is 16.6. The molecule has 0 spiro atoms. The molecule has 0 atom stereocenters. The molecule has 0 saturated carbocycles. The first-order chi connectivity index (χ1) is 16.9. The lowest BCUT2D eigenvalue weighted by Crippen LogP contribution is -2.32. The Morgan fingerprint density at radius 3 is 1.80 bits per heavy atom. The van der Waals surface area contributed by atoms with Gasteiger partial charge in [-0.15, -0.1) is 0 Å². The molecular weight excluding hydrogens is 452 g/mol. The number of anilines is 2. The number of benzene rings is 2. The lowest BCUT2D eigenvalue weighted by Gasteiger charge is -2.22. The summed E-state index contributed by atoms with van der Waals surface area (Å²) in [5.74, 6) is -3.61. The Balaban J connectivity index is 2.37. The van der Waals surface area contributed by atoms with Gasteiger partial charge in [0.2, 0.25) is 0 Å². The van der Waals surface area contributed by atoms with Crippen LogP contribution in [-0.2, 0) is 33.4 Å². The predicted octanol–water partition coefficient (Wildman–Crippen LogP) is 3.34. The molecule has 1 heterocycles. The van der Waals surface area contributed by atoms with Gasteiger partial charge in [-0.3, -0.25) is 9.69 Å². The fourth-order valence-electron chi connectivity index (χ4n) is 3.48. The molecule has 9 nitrogen and oxygen atoms in total. The normalized spacial score (nSPS) is 12.9. The van der Waals surface area contributed by atoms with Crippen LogP contribution in [0.25, 0.3) is 0 Å². The number of esters is 3. The smallest absolute Gasteiger partial charge is 0.347 e. The minimum absolute atomic E-state index is 0.00189. The van der Waals surface area contributed by atoms with Gasteiger partial charge in [-0.25, -0.2) is 14.4 Å². The SMILES string of the molecule is CCOC(=O)C1=C(Nc2ccccc2)C(=O)N(c2ccccc2)C1=C(C(=O)OCC)C(=O)OCC. The van der Waals surface area contributed by atoms with Gasteiger partial charge in [0.05, 0.1) is 25.5 Å². The number of carbonyl (C=O) groups excluding carboxylic acids is 4. The summed E-state index contributed by atoms with van der Waals surface area (Å²) in [6.45, 7) is 4.68. The van der Waals surface area contributed by atoms with Crippen molar-refractivity contribution in [3.63, 3.8) is 0 Å². The summed E-state index contributed by atoms with van der Waals surface area (Å²) in [5.41, 5.74) is -0.444. The standard InChI is InChI=1S/C26H26N2O7/c1-4-33-24(30)19-21(27-17-13-9-7-10-14-17)23(29)28(18-15-11-8-12-16-18)22(19)20(25(31)34-5-2)26(32)35-6-3/h7-16,27H,4-6H2,1-3H3. The van der Waals surface area contributed by atoms with Crippen molar-refractivity contribution in [2.24, 2.45) is 0 Å². The monoisotopic (exact) mass is 478 g/mol. The molecule has 1 N–H and O–H groups in total. The van der Waals surface area contributed by atoms with E-state index < -0.39 is 29.4 Å². The van der Waals surface area contributed by atoms with E-state index >= 15 is 0 Å². The van der Waals surface area contributed by atoms with Gasteiger partial charge in [0.15, 0.2) is 5.57 Å². The van der Waals surface area contributed by atoms with Crippen molar-refractivity contribution in [2.45, 2.75) is 20.8 Å². The van der Waals surface area contributed by atoms with Gasteiger partial charge in [0, 0.05) is 11.4 Å². The molecule has 0 bridgehead atoms. The number of ether oxygens (including phenoxy) is 3. The Kier molecular flexibility index (Phi) is 8.39. The van der Waals surface area contributed by atoms with Crippen LogP contribution in [0.4, 0.5) is 11.4 Å². The molecule has 0 aliphatic carbocycles. The zero-order valence-electron chi connectivity index (χ0n) is 19.7. The van der Waals surface area contributed by atoms with Crippen LogP contribution >= 0.6 is 0 Å². The van der Waals surface area contributed by atoms with Gasteiger partial charge in [-0.05, 0) is 45.0 Å². The van der Waals surface area contributed by atoms with Crippen LogP contribution in [-0.4, -0.2) is 43.6 Å². The van der Waals surface area contributed by atoms with E-state index in [9.17, 15) is 19.2 Å². The third-order valence-electron chi connectivity index (χ3n) is 4.86. The summed E-state index contributed by atoms with van der Waals surface area (Å²) in [5, 5.41) is 2.96. The zero-order valence-corrected chi connectivity index (χ0v) is 19.7. The predicted molar refractivity (Wildman–Crippen MR) is 128 cm³/mol. The second kappa shape index (κ2) is 11.6. The zero-order chi connectivity index (χ0) is 25.4. The third-order valence-corrected chi connectivity index (χ3v) is 4.86. The Morgan fingerprint density at radius 1 is 0.771 bits per heavy atom. The van der Waals surface area contributed by atoms with E-state index in [1.165, 1.54) is 0 Å². The molecule has 9 heteroatoms. The van der Waals surface area contributed by atoms with Crippen LogP contribution in [0, 0.1) is 0 Å². The number of hydrogen-bond donors (Lipinski definition) is 1. The summed E-state index contributed by atoms with van der Waals surface area (Å²) in [4.78, 5) is 54.1. The quantitative estimate of drug-likeness (QED) is 0.192. The first-order valence-electron chi connectivity index (χ1n) is 11.2. The van der Waals surface area contributed by atoms with Crippen molar-refractivity contribution >= 4 is 35.2 Å². The maximum Gasteiger partial charge on any atom is 0.347 e. The molecular formula is C26H26N2O7. The van der Waals surface area contributed by atoms with E-state index in [2.05, 4.69) is 5.32 Å². The van der Waals surface area contributed by atoms with Crippen molar-refractivity contribution in [2.75, 3.05) is 30.0 Å². The highest BCUT2D eigenvalue weighted by Crippen LogP contribution is 2.38. The molecule has 0 fully saturated rings. The molecule has 1 aliphatic heterocycles. The van der Waals surface area contributed by atoms with Gasteiger partial charge >= 0.3 is 17.9 Å². The largest absolute Gasteiger partial charge is 0.462 e. The summed E-state index contributed by atoms with van der Waals surface area (Å²) >= 11 is 0. The Hall–Kier alpha value is -4.40. The second-order valence-electron chi connectivity index (χ2n) is 7.10. The Bertz CT molecular complexity index is 1150. The van der Waals surface area contributed by atoms with E-state index in [1.807, 2.05) is 0 Å². The lowest BCUT2D eigenvalue weighted by molar-refractivity contribution is -0.146. The van der Waals surface area contributed by atoms with E-state index in [4.69, 9.17) is 14.2 Å². The van der Waals surface area contributed by atoms with Gasteiger partial charge in [-0.2, -0.15) is 0 Å². The molecule has 1 amide bonds. The number of carbonyl (C=O) groups is 4. The molecule has 0 radical (unpaired) electrons. The van der Waals surface area contributed by atoms with Crippen LogP contribution in [0.15, 0.2) is 83.2 Å². The lowest BCUT2D eigenvalue weighted by atomic mass is 10.1. The number of nitrogens with zero attached hydrogens (tertiary/aromatic N) is 1. The topological polar surface area (TPSA) is 111 Å². The Labute approximate surface area is 203 Å². The second-order valence-corrected chi connectivity index (χ2v) is 7.10. The minimum atomic E-state index is -1.03. The van der Waals surface area contributed by atoms with Gasteiger partial charge in [-0.1, -0.05) is 36.4 Å². The number of rotatable bonds is 9. The van der Waals surface area contributed by atoms with E-state index in [0.717, 1.165) is 4.90 Å². The molecule has 3 rings (SSSR count). The maximum absolute atomic E-state index is 13.8. The van der Waals surface area contributed by atoms with Gasteiger partial charge < -0.3 is 19.5 Å². The number of nitrogens with one attached hydrogen (secondary N) is 1. The van der Waals surface area contributed by atoms with E-state index in [0.29, 0.717) is 11.4 Å². The van der Waals surface area contributed by atoms with Crippen molar-refractivity contribution in [1.82, 2.24) is 0 Å². The average molecular weight is 479 g/mol. The highest BCUT2D eigenvalue weighted by Gasteiger charge is 2.45. The van der Waals surface area contributed by atoms with Crippen molar-refractivity contribution < 1.29 is 33.4 Å². The van der Waals surface area contributed by atoms with Crippen LogP contribution < -0.4 is 10.2 Å². The number of amides is 1. The van der Waals surface area contributed by atoms with Crippen molar-refractivity contribution in [3.05, 3.63) is 83.2 Å². The molecule has 1 aliphatic rings. The number of para-hydroxylation sites is 2. The van der Waals surface area contributed by atoms with Crippen LogP contribution in [0.2, 0.25) is 0 Å². The van der Waals surface area contributed by atoms with Crippen LogP contribution in [0.3, 0.4) is 0 Å². The summed E-state index contributed by atoms with van der Waals surface area (Å²) in [6, 6.07) is 17.0. The summed E-state index contributed by atoms with van der Waals surface area (Å²) < 4.78 is 15.5. The molecule has 0 saturated heterocycles. The van der Waals surface area contributed by atoms with Crippen molar-refractivity contribution in [1.29, 1.82) is 0 Å². The Morgan fingerprint density at radius 2 is 1.29 bits per heavy atom. The van der Waals surface area contributed by atoms with Crippen LogP contribution in [0.5, 0.6) is 0 Å². The third kappa shape index (κ3) is 5.40. The average Bonchev–Trinajstić information content (AvgIpc) is 3.12. The van der Waals surface area contributed by atoms with Crippen molar-refractivity contribution in [3.8, 4) is 0 Å². The molecule has 35 heavy (non-hydrogen) atoms. The summed E-state index contributed by atoms with van der Waals surface area (Å²) in [6.07, 6.45) is 0. The molecule has 182 valence electrons.